The molecule has 96 valence electrons. The summed E-state index contributed by atoms with van der Waals surface area (Å²) in [7, 11) is 1.55. The number of likely N-dealkylation sites (N-methyl/N-ethyl adjacent to an activating group) is 1. The number of carbonyl (C=O) groups excluding carboxylic acids is 1. The number of carbonyl (C=O) groups is 1. The van der Waals surface area contributed by atoms with E-state index in [-0.39, 0.29) is 21.3 Å². The number of hydrogen-bond donors (Lipinski definition) is 0. The quantitative estimate of drug-likeness (QED) is 0.486. The summed E-state index contributed by atoms with van der Waals surface area (Å²) in [4.78, 5) is 23.4. The SMILES string of the molecule is C=CCN(C)C(=O)c1cc(Cl)c(Cl)c([N+](=O)[O-])c1. The van der Waals surface area contributed by atoms with Gasteiger partial charge in [-0.2, -0.15) is 0 Å². The lowest BCUT2D eigenvalue weighted by Crippen LogP contribution is -2.26. The Bertz CT molecular complexity index is 517. The van der Waals surface area contributed by atoms with Gasteiger partial charge in [0.15, 0.2) is 0 Å². The van der Waals surface area contributed by atoms with Crippen LogP contribution in [0.1, 0.15) is 10.4 Å². The third-order valence-corrected chi connectivity index (χ3v) is 2.99. The Labute approximate surface area is 114 Å². The van der Waals surface area contributed by atoms with Gasteiger partial charge in [0, 0.05) is 25.2 Å². The second-order valence-electron chi connectivity index (χ2n) is 3.52. The summed E-state index contributed by atoms with van der Waals surface area (Å²) < 4.78 is 0. The summed E-state index contributed by atoms with van der Waals surface area (Å²) in [5, 5.41) is 10.6. The largest absolute Gasteiger partial charge is 0.338 e. The Kier molecular flexibility index (Phi) is 4.69. The van der Waals surface area contributed by atoms with Crippen LogP contribution in [0.3, 0.4) is 0 Å². The van der Waals surface area contributed by atoms with Crippen molar-refractivity contribution in [2.24, 2.45) is 0 Å². The average molecular weight is 289 g/mol. The number of rotatable bonds is 4. The zero-order chi connectivity index (χ0) is 13.9. The van der Waals surface area contributed by atoms with Crippen molar-refractivity contribution in [1.29, 1.82) is 0 Å². The molecule has 7 heteroatoms. The smallest absolute Gasteiger partial charge is 0.290 e. The van der Waals surface area contributed by atoms with Gasteiger partial charge in [0.1, 0.15) is 5.02 Å². The second kappa shape index (κ2) is 5.84. The highest BCUT2D eigenvalue weighted by molar-refractivity contribution is 6.43. The molecule has 0 N–H and O–H groups in total. The van der Waals surface area contributed by atoms with Gasteiger partial charge in [-0.3, -0.25) is 14.9 Å². The Morgan fingerprint density at radius 2 is 2.17 bits per heavy atom. The maximum Gasteiger partial charge on any atom is 0.290 e. The van der Waals surface area contributed by atoms with E-state index in [9.17, 15) is 14.9 Å². The van der Waals surface area contributed by atoms with Gasteiger partial charge in [-0.15, -0.1) is 6.58 Å². The molecule has 0 aliphatic rings. The van der Waals surface area contributed by atoms with E-state index in [0.29, 0.717) is 6.54 Å². The van der Waals surface area contributed by atoms with Gasteiger partial charge in [-0.1, -0.05) is 29.3 Å². The van der Waals surface area contributed by atoms with E-state index >= 15 is 0 Å². The second-order valence-corrected chi connectivity index (χ2v) is 4.31. The van der Waals surface area contributed by atoms with Gasteiger partial charge < -0.3 is 4.90 Å². The molecular formula is C11H10Cl2N2O3. The summed E-state index contributed by atoms with van der Waals surface area (Å²) >= 11 is 11.5. The van der Waals surface area contributed by atoms with Gasteiger partial charge >= 0.3 is 0 Å². The van der Waals surface area contributed by atoms with Crippen molar-refractivity contribution in [3.63, 3.8) is 0 Å². The van der Waals surface area contributed by atoms with Gasteiger partial charge in [0.25, 0.3) is 11.6 Å². The van der Waals surface area contributed by atoms with E-state index < -0.39 is 10.8 Å². The lowest BCUT2D eigenvalue weighted by atomic mass is 10.1. The van der Waals surface area contributed by atoms with Crippen LogP contribution in [0.4, 0.5) is 5.69 Å². The van der Waals surface area contributed by atoms with E-state index in [2.05, 4.69) is 6.58 Å². The minimum Gasteiger partial charge on any atom is -0.338 e. The molecule has 0 aliphatic carbocycles. The van der Waals surface area contributed by atoms with E-state index in [4.69, 9.17) is 23.2 Å². The molecule has 0 unspecified atom stereocenters. The normalized spacial score (nSPS) is 9.94. The molecule has 18 heavy (non-hydrogen) atoms. The van der Waals surface area contributed by atoms with Crippen LogP contribution >= 0.6 is 23.2 Å². The fourth-order valence-corrected chi connectivity index (χ4v) is 1.72. The minimum absolute atomic E-state index is 0.0266. The summed E-state index contributed by atoms with van der Waals surface area (Å²) in [5.41, 5.74) is -0.278. The number of amides is 1. The first-order valence-electron chi connectivity index (χ1n) is 4.88. The van der Waals surface area contributed by atoms with Crippen LogP contribution in [0.5, 0.6) is 0 Å². The molecule has 1 rings (SSSR count). The summed E-state index contributed by atoms with van der Waals surface area (Å²) in [5.74, 6) is -0.392. The van der Waals surface area contributed by atoms with Crippen molar-refractivity contribution in [3.05, 3.63) is 50.5 Å². The molecule has 0 fully saturated rings. The number of nitro benzene ring substituents is 1. The number of nitrogens with zero attached hydrogens (tertiary/aromatic N) is 2. The molecule has 0 spiro atoms. The average Bonchev–Trinajstić information content (AvgIpc) is 2.31. The summed E-state index contributed by atoms with van der Waals surface area (Å²) in [6, 6.07) is 2.41. The van der Waals surface area contributed by atoms with Crippen LogP contribution in [0, 0.1) is 10.1 Å². The van der Waals surface area contributed by atoms with Gasteiger partial charge in [-0.05, 0) is 6.07 Å². The summed E-state index contributed by atoms with van der Waals surface area (Å²) in [6.45, 7) is 3.83. The molecule has 0 aromatic heterocycles. The molecule has 1 aromatic rings. The maximum atomic E-state index is 11.9. The third kappa shape index (κ3) is 3.00. The first kappa shape index (κ1) is 14.5. The molecule has 0 aliphatic heterocycles. The Morgan fingerprint density at radius 3 is 2.67 bits per heavy atom. The summed E-state index contributed by atoms with van der Waals surface area (Å²) in [6.07, 6.45) is 1.55. The van der Waals surface area contributed by atoms with Crippen molar-refractivity contribution in [3.8, 4) is 0 Å². The zero-order valence-electron chi connectivity index (χ0n) is 9.52. The Hall–Kier alpha value is -1.59. The van der Waals surface area contributed by atoms with Crippen LogP contribution < -0.4 is 0 Å². The highest BCUT2D eigenvalue weighted by Gasteiger charge is 2.21. The molecular weight excluding hydrogens is 279 g/mol. The highest BCUT2D eigenvalue weighted by Crippen LogP contribution is 2.33. The van der Waals surface area contributed by atoms with Gasteiger partial charge in [-0.25, -0.2) is 0 Å². The lowest BCUT2D eigenvalue weighted by Gasteiger charge is -2.15. The first-order chi connectivity index (χ1) is 8.38. The molecule has 0 bridgehead atoms. The topological polar surface area (TPSA) is 63.5 Å². The number of nitro groups is 1. The van der Waals surface area contributed by atoms with E-state index in [1.165, 1.54) is 11.0 Å². The number of benzene rings is 1. The molecule has 0 saturated heterocycles. The van der Waals surface area contributed by atoms with Gasteiger partial charge in [0.2, 0.25) is 0 Å². The molecule has 1 aromatic carbocycles. The van der Waals surface area contributed by atoms with Crippen molar-refractivity contribution in [2.45, 2.75) is 0 Å². The highest BCUT2D eigenvalue weighted by atomic mass is 35.5. The van der Waals surface area contributed by atoms with Crippen LogP contribution in [-0.4, -0.2) is 29.3 Å². The zero-order valence-corrected chi connectivity index (χ0v) is 11.0. The molecule has 0 heterocycles. The fourth-order valence-electron chi connectivity index (χ4n) is 1.33. The maximum absolute atomic E-state index is 11.9. The molecule has 0 saturated carbocycles. The van der Waals surface area contributed by atoms with E-state index in [1.807, 2.05) is 0 Å². The molecule has 5 nitrogen and oxygen atoms in total. The van der Waals surface area contributed by atoms with Crippen LogP contribution in [0.25, 0.3) is 0 Å². The van der Waals surface area contributed by atoms with Crippen LogP contribution in [0.2, 0.25) is 10.0 Å². The fraction of sp³-hybridized carbons (Fsp3) is 0.182. The monoisotopic (exact) mass is 288 g/mol. The van der Waals surface area contributed by atoms with Crippen LogP contribution in [0.15, 0.2) is 24.8 Å². The van der Waals surface area contributed by atoms with E-state index in [0.717, 1.165) is 6.07 Å². The predicted octanol–water partition coefficient (Wildman–Crippen LogP) is 3.16. The first-order valence-corrected chi connectivity index (χ1v) is 5.64. The standard InChI is InChI=1S/C11H10Cl2N2O3/c1-3-4-14(2)11(16)7-5-8(12)10(13)9(6-7)15(17)18/h3,5-6H,1,4H2,2H3. The minimum atomic E-state index is -0.682. The van der Waals surface area contributed by atoms with Crippen molar-refractivity contribution >= 4 is 34.8 Å². The Balaban J connectivity index is 3.22. The lowest BCUT2D eigenvalue weighted by molar-refractivity contribution is -0.384. The molecule has 1 amide bonds. The van der Waals surface area contributed by atoms with E-state index in [1.54, 1.807) is 13.1 Å². The Morgan fingerprint density at radius 1 is 1.56 bits per heavy atom. The van der Waals surface area contributed by atoms with Crippen LogP contribution in [-0.2, 0) is 0 Å². The van der Waals surface area contributed by atoms with Crippen molar-refractivity contribution in [2.75, 3.05) is 13.6 Å². The molecule has 0 radical (unpaired) electrons. The van der Waals surface area contributed by atoms with Crippen molar-refractivity contribution in [1.82, 2.24) is 4.90 Å². The van der Waals surface area contributed by atoms with Crippen molar-refractivity contribution < 1.29 is 9.72 Å². The third-order valence-electron chi connectivity index (χ3n) is 2.20. The molecule has 0 atom stereocenters. The predicted molar refractivity (Wildman–Crippen MR) is 70.3 cm³/mol. The number of halogens is 2. The number of hydrogen-bond acceptors (Lipinski definition) is 3. The van der Waals surface area contributed by atoms with Gasteiger partial charge in [0.05, 0.1) is 9.95 Å².